The van der Waals surface area contributed by atoms with Crippen molar-refractivity contribution in [3.8, 4) is 5.75 Å². The topological polar surface area (TPSA) is 101 Å². The van der Waals surface area contributed by atoms with E-state index in [0.29, 0.717) is 36.7 Å². The molecule has 0 radical (unpaired) electrons. The van der Waals surface area contributed by atoms with Crippen molar-refractivity contribution in [3.63, 3.8) is 0 Å². The van der Waals surface area contributed by atoms with E-state index >= 15 is 0 Å². The third kappa shape index (κ3) is 6.91. The Morgan fingerprint density at radius 2 is 2.00 bits per heavy atom. The summed E-state index contributed by atoms with van der Waals surface area (Å²) in [5, 5.41) is 0. The number of nitrogens with zero attached hydrogens (tertiary/aromatic N) is 3. The lowest BCUT2D eigenvalue weighted by atomic mass is 10.0. The van der Waals surface area contributed by atoms with Gasteiger partial charge < -0.3 is 14.4 Å². The summed E-state index contributed by atoms with van der Waals surface area (Å²) in [4.78, 5) is 21.5. The molecule has 1 amide bonds. The maximum atomic E-state index is 13.3. The van der Waals surface area contributed by atoms with Crippen LogP contribution in [0.5, 0.6) is 5.75 Å². The van der Waals surface area contributed by atoms with Crippen LogP contribution in [0.4, 0.5) is 5.69 Å². The van der Waals surface area contributed by atoms with E-state index in [0.717, 1.165) is 18.4 Å². The number of nitrogens with one attached hydrogen (secondary N) is 1. The molecule has 1 aromatic carbocycles. The Morgan fingerprint density at radius 3 is 2.65 bits per heavy atom. The molecule has 0 aliphatic carbocycles. The Bertz CT molecular complexity index is 1080. The fraction of sp³-hybridized carbons (Fsp3) is 0.500. The fourth-order valence-electron chi connectivity index (χ4n) is 4.08. The van der Waals surface area contributed by atoms with Gasteiger partial charge in [-0.3, -0.25) is 19.4 Å². The first kappa shape index (κ1) is 25.9. The molecular weight excluding hydrogens is 456 g/mol. The second-order valence-corrected chi connectivity index (χ2v) is 10.7. The Morgan fingerprint density at radius 1 is 1.24 bits per heavy atom. The molecule has 1 aliphatic heterocycles. The van der Waals surface area contributed by atoms with Crippen LogP contribution in [0.2, 0.25) is 0 Å². The highest BCUT2D eigenvalue weighted by atomic mass is 32.2. The van der Waals surface area contributed by atoms with Crippen LogP contribution in [0.15, 0.2) is 42.7 Å². The maximum Gasteiger partial charge on any atom is 0.257 e. The molecule has 0 spiro atoms. The second-order valence-electron chi connectivity index (χ2n) is 8.97. The Balaban J connectivity index is 1.96. The van der Waals surface area contributed by atoms with Crippen molar-refractivity contribution in [1.29, 1.82) is 0 Å². The van der Waals surface area contributed by atoms with Crippen molar-refractivity contribution >= 4 is 21.6 Å². The fourth-order valence-corrected chi connectivity index (χ4v) is 4.63. The predicted octanol–water partition coefficient (Wildman–Crippen LogP) is 2.46. The van der Waals surface area contributed by atoms with Crippen molar-refractivity contribution in [3.05, 3.63) is 53.9 Å². The quantitative estimate of drug-likeness (QED) is 0.687. The number of carbonyl (C=O) groups is 1. The first-order chi connectivity index (χ1) is 16.1. The number of likely N-dealkylation sites (N-methyl/N-ethyl adjacent to an activating group) is 1. The van der Waals surface area contributed by atoms with Gasteiger partial charge in [-0.05, 0) is 42.7 Å². The number of sulfonamides is 1. The van der Waals surface area contributed by atoms with Gasteiger partial charge in [-0.1, -0.05) is 13.0 Å². The van der Waals surface area contributed by atoms with Gasteiger partial charge in [0.25, 0.3) is 5.91 Å². The Hall–Kier alpha value is -2.69. The summed E-state index contributed by atoms with van der Waals surface area (Å²) in [7, 11) is -0.118. The molecular formula is C24H34N4O5S. The van der Waals surface area contributed by atoms with Gasteiger partial charge in [0.2, 0.25) is 10.0 Å². The molecule has 9 nitrogen and oxygen atoms in total. The summed E-state index contributed by atoms with van der Waals surface area (Å²) in [5.41, 5.74) is 1.71. The van der Waals surface area contributed by atoms with Crippen LogP contribution in [0.3, 0.4) is 0 Å². The highest BCUT2D eigenvalue weighted by Gasteiger charge is 2.28. The highest BCUT2D eigenvalue weighted by Crippen LogP contribution is 2.27. The normalized spacial score (nSPS) is 22.8. The summed E-state index contributed by atoms with van der Waals surface area (Å²) < 4.78 is 37.7. The lowest BCUT2D eigenvalue weighted by molar-refractivity contribution is 0.00920. The molecule has 1 aliphatic rings. The molecule has 0 unspecified atom stereocenters. The smallest absolute Gasteiger partial charge is 0.257 e. The van der Waals surface area contributed by atoms with Gasteiger partial charge in [0.05, 0.1) is 17.9 Å². The van der Waals surface area contributed by atoms with Crippen molar-refractivity contribution < 1.29 is 22.7 Å². The van der Waals surface area contributed by atoms with Gasteiger partial charge in [0.1, 0.15) is 12.4 Å². The van der Waals surface area contributed by atoms with E-state index in [9.17, 15) is 13.2 Å². The molecule has 0 saturated heterocycles. The number of hydrogen-bond acceptors (Lipinski definition) is 7. The van der Waals surface area contributed by atoms with Gasteiger partial charge in [-0.15, -0.1) is 0 Å². The zero-order chi connectivity index (χ0) is 24.9. The number of methoxy groups -OCH3 is 1. The molecule has 2 heterocycles. The van der Waals surface area contributed by atoms with Crippen LogP contribution in [0, 0.1) is 5.92 Å². The molecule has 186 valence electrons. The first-order valence-electron chi connectivity index (χ1n) is 11.2. The first-order valence-corrected chi connectivity index (χ1v) is 13.1. The molecule has 1 N–H and O–H groups in total. The molecule has 3 rings (SSSR count). The second kappa shape index (κ2) is 11.2. The Kier molecular flexibility index (Phi) is 8.51. The number of benzene rings is 1. The number of aromatic nitrogens is 1. The average Bonchev–Trinajstić information content (AvgIpc) is 2.79. The minimum absolute atomic E-state index is 0.0362. The number of anilines is 1. The molecule has 10 heteroatoms. The maximum absolute atomic E-state index is 13.3. The number of fused-ring (bicyclic) bond motifs is 1. The number of rotatable bonds is 5. The van der Waals surface area contributed by atoms with Gasteiger partial charge in [-0.2, -0.15) is 0 Å². The standard InChI is InChI=1S/C24H34N4O5S/c1-17-13-28(14-19-7-6-10-25-12-19)18(2)16-33-22-9-8-20(26-34(5,30)31)11-21(22)24(29)27(3)15-23(17)32-4/h6-12,17-18,23,26H,13-16H2,1-5H3/t17-,18+,23-/m1/s1. The minimum Gasteiger partial charge on any atom is -0.491 e. The van der Waals surface area contributed by atoms with E-state index in [1.165, 1.54) is 6.07 Å². The number of ether oxygens (including phenoxy) is 2. The number of carbonyl (C=O) groups excluding carboxylic acids is 1. The lowest BCUT2D eigenvalue weighted by Crippen LogP contribution is -2.46. The van der Waals surface area contributed by atoms with E-state index in [2.05, 4.69) is 28.5 Å². The molecule has 1 aromatic heterocycles. The molecule has 3 atom stereocenters. The zero-order valence-corrected chi connectivity index (χ0v) is 21.2. The van der Waals surface area contributed by atoms with Gasteiger partial charge >= 0.3 is 0 Å². The van der Waals surface area contributed by atoms with Crippen LogP contribution in [-0.2, 0) is 21.3 Å². The Labute approximate surface area is 202 Å². The minimum atomic E-state index is -3.49. The summed E-state index contributed by atoms with van der Waals surface area (Å²) in [6.45, 7) is 6.40. The number of amides is 1. The van der Waals surface area contributed by atoms with Gasteiger partial charge in [-0.25, -0.2) is 8.42 Å². The average molecular weight is 491 g/mol. The van der Waals surface area contributed by atoms with E-state index in [1.54, 1.807) is 37.4 Å². The number of hydrogen-bond donors (Lipinski definition) is 1. The lowest BCUT2D eigenvalue weighted by Gasteiger charge is -2.36. The van der Waals surface area contributed by atoms with E-state index < -0.39 is 10.0 Å². The summed E-state index contributed by atoms with van der Waals surface area (Å²) in [5.74, 6) is 0.282. The van der Waals surface area contributed by atoms with Gasteiger partial charge in [0.15, 0.2) is 0 Å². The van der Waals surface area contributed by atoms with Crippen LogP contribution in [-0.4, -0.2) is 81.4 Å². The molecule has 34 heavy (non-hydrogen) atoms. The third-order valence-electron chi connectivity index (χ3n) is 5.99. The summed E-state index contributed by atoms with van der Waals surface area (Å²) in [6, 6.07) is 8.76. The van der Waals surface area contributed by atoms with Crippen LogP contribution >= 0.6 is 0 Å². The van der Waals surface area contributed by atoms with Crippen LogP contribution in [0.1, 0.15) is 29.8 Å². The van der Waals surface area contributed by atoms with E-state index in [1.807, 2.05) is 18.3 Å². The molecule has 0 saturated carbocycles. The van der Waals surface area contributed by atoms with Gasteiger partial charge in [0, 0.05) is 57.9 Å². The highest BCUT2D eigenvalue weighted by molar-refractivity contribution is 7.92. The van der Waals surface area contributed by atoms with Crippen molar-refractivity contribution in [1.82, 2.24) is 14.8 Å². The van der Waals surface area contributed by atoms with Crippen molar-refractivity contribution in [2.24, 2.45) is 5.92 Å². The van der Waals surface area contributed by atoms with Crippen LogP contribution < -0.4 is 9.46 Å². The van der Waals surface area contributed by atoms with E-state index in [-0.39, 0.29) is 24.0 Å². The molecule has 0 fully saturated rings. The SMILES string of the molecule is CO[C@@H]1CN(C)C(=O)c2cc(NS(C)(=O)=O)ccc2OC[C@H](C)N(Cc2cccnc2)C[C@H]1C. The summed E-state index contributed by atoms with van der Waals surface area (Å²) >= 11 is 0. The predicted molar refractivity (Wildman–Crippen MR) is 131 cm³/mol. The van der Waals surface area contributed by atoms with E-state index in [4.69, 9.17) is 9.47 Å². The van der Waals surface area contributed by atoms with Crippen molar-refractivity contribution in [2.45, 2.75) is 32.5 Å². The zero-order valence-electron chi connectivity index (χ0n) is 20.4. The number of pyridine rings is 1. The largest absolute Gasteiger partial charge is 0.491 e. The van der Waals surface area contributed by atoms with Crippen LogP contribution in [0.25, 0.3) is 0 Å². The van der Waals surface area contributed by atoms with Crippen molar-refractivity contribution in [2.75, 3.05) is 44.8 Å². The molecule has 2 aromatic rings. The summed E-state index contributed by atoms with van der Waals surface area (Å²) in [6.07, 6.45) is 4.51. The third-order valence-corrected chi connectivity index (χ3v) is 6.59. The molecule has 0 bridgehead atoms. The monoisotopic (exact) mass is 490 g/mol.